The van der Waals surface area contributed by atoms with E-state index in [1.807, 2.05) is 36.4 Å². The van der Waals surface area contributed by atoms with Gasteiger partial charge in [0.05, 0.1) is 16.8 Å². The molecule has 2 aromatic heterocycles. The number of aliphatic imine (C=N–C) groups is 1. The molecule has 192 valence electrons. The Balaban J connectivity index is 1.43. The van der Waals surface area contributed by atoms with Gasteiger partial charge in [-0.2, -0.15) is 15.6 Å². The van der Waals surface area contributed by atoms with E-state index in [-0.39, 0.29) is 29.4 Å². The molecule has 0 radical (unpaired) electrons. The summed E-state index contributed by atoms with van der Waals surface area (Å²) in [5.74, 6) is 1.68. The van der Waals surface area contributed by atoms with E-state index in [1.54, 1.807) is 48.7 Å². The van der Waals surface area contributed by atoms with Crippen LogP contribution < -0.4 is 9.47 Å². The van der Waals surface area contributed by atoms with Crippen molar-refractivity contribution in [3.63, 3.8) is 0 Å². The zero-order chi connectivity index (χ0) is 27.5. The molecule has 0 saturated heterocycles. The summed E-state index contributed by atoms with van der Waals surface area (Å²) in [4.78, 5) is 4.60. The van der Waals surface area contributed by atoms with E-state index in [0.717, 1.165) is 5.56 Å². The molecule has 0 spiro atoms. The Labute approximate surface area is 228 Å². The summed E-state index contributed by atoms with van der Waals surface area (Å²) >= 11 is 0. The number of aromatic nitrogens is 2. The molecule has 6 rings (SSSR count). The molecule has 9 heteroatoms. The Morgan fingerprint density at radius 2 is 1.75 bits per heavy atom. The van der Waals surface area contributed by atoms with Crippen molar-refractivity contribution >= 4 is 23.7 Å². The van der Waals surface area contributed by atoms with Gasteiger partial charge in [0.25, 0.3) is 0 Å². The van der Waals surface area contributed by atoms with Crippen molar-refractivity contribution < 1.29 is 18.3 Å². The van der Waals surface area contributed by atoms with Gasteiger partial charge in [-0.3, -0.25) is 0 Å². The van der Waals surface area contributed by atoms with Crippen molar-refractivity contribution in [3.05, 3.63) is 113 Å². The average Bonchev–Trinajstić information content (AvgIpc) is 3.73. The zero-order valence-corrected chi connectivity index (χ0v) is 20.8. The standard InChI is InChI=1S/C31H18FN5O3/c32-26-9-5-4-8-24(26)27-13-11-23(40-27)15-21(16-33)30-25(17-34)31(37(36-30)22-6-2-1-3-7-22)35-18-20-10-12-28-29(14-20)39-19-38-28/h1-15,18H,19H2. The second-order valence-corrected chi connectivity index (χ2v) is 8.63. The Morgan fingerprint density at radius 3 is 2.55 bits per heavy atom. The van der Waals surface area contributed by atoms with E-state index in [0.29, 0.717) is 34.3 Å². The van der Waals surface area contributed by atoms with Crippen LogP contribution in [0.4, 0.5) is 10.2 Å². The molecule has 3 heterocycles. The molecule has 0 unspecified atom stereocenters. The third-order valence-corrected chi connectivity index (χ3v) is 6.13. The van der Waals surface area contributed by atoms with Crippen LogP contribution in [0.2, 0.25) is 0 Å². The van der Waals surface area contributed by atoms with E-state index in [2.05, 4.69) is 22.2 Å². The van der Waals surface area contributed by atoms with Crippen LogP contribution in [-0.2, 0) is 0 Å². The maximum absolute atomic E-state index is 14.2. The lowest BCUT2D eigenvalue weighted by Gasteiger charge is -2.03. The number of ether oxygens (including phenoxy) is 2. The number of benzene rings is 3. The Bertz CT molecular complexity index is 1870. The van der Waals surface area contributed by atoms with Crippen LogP contribution in [0.1, 0.15) is 22.6 Å². The first kappa shape index (κ1) is 24.4. The van der Waals surface area contributed by atoms with E-state index in [9.17, 15) is 14.9 Å². The number of hydrogen-bond acceptors (Lipinski definition) is 7. The third kappa shape index (κ3) is 4.60. The number of furan rings is 1. The van der Waals surface area contributed by atoms with Gasteiger partial charge in [-0.15, -0.1) is 0 Å². The topological polar surface area (TPSA) is 109 Å². The molecule has 8 nitrogen and oxygen atoms in total. The molecule has 0 atom stereocenters. The number of para-hydroxylation sites is 1. The number of halogens is 1. The minimum atomic E-state index is -0.425. The molecule has 0 saturated carbocycles. The first-order valence-corrected chi connectivity index (χ1v) is 12.1. The van der Waals surface area contributed by atoms with Crippen LogP contribution in [0.25, 0.3) is 28.7 Å². The maximum Gasteiger partial charge on any atom is 0.231 e. The van der Waals surface area contributed by atoms with Crippen molar-refractivity contribution in [1.29, 1.82) is 10.5 Å². The molecule has 3 aromatic carbocycles. The Hall–Kier alpha value is -5.93. The molecule has 1 aliphatic rings. The largest absolute Gasteiger partial charge is 0.457 e. The summed E-state index contributed by atoms with van der Waals surface area (Å²) < 4.78 is 32.4. The fourth-order valence-electron chi connectivity index (χ4n) is 4.23. The van der Waals surface area contributed by atoms with E-state index in [4.69, 9.17) is 13.9 Å². The molecule has 0 N–H and O–H groups in total. The average molecular weight is 528 g/mol. The summed E-state index contributed by atoms with van der Waals surface area (Å²) in [5, 5.41) is 24.8. The van der Waals surface area contributed by atoms with E-state index >= 15 is 0 Å². The first-order valence-electron chi connectivity index (χ1n) is 12.1. The number of fused-ring (bicyclic) bond motifs is 1. The Morgan fingerprint density at radius 1 is 0.950 bits per heavy atom. The molecule has 0 bridgehead atoms. The van der Waals surface area contributed by atoms with Crippen molar-refractivity contribution in [3.8, 4) is 40.6 Å². The van der Waals surface area contributed by atoms with Crippen LogP contribution in [0.3, 0.4) is 0 Å². The third-order valence-electron chi connectivity index (χ3n) is 6.13. The highest BCUT2D eigenvalue weighted by atomic mass is 19.1. The summed E-state index contributed by atoms with van der Waals surface area (Å²) in [5.41, 5.74) is 2.00. The molecule has 5 aromatic rings. The van der Waals surface area contributed by atoms with Gasteiger partial charge in [0, 0.05) is 12.3 Å². The zero-order valence-electron chi connectivity index (χ0n) is 20.8. The number of rotatable bonds is 6. The monoisotopic (exact) mass is 527 g/mol. The van der Waals surface area contributed by atoms with E-state index in [1.165, 1.54) is 16.8 Å². The van der Waals surface area contributed by atoms with Gasteiger partial charge in [0.2, 0.25) is 6.79 Å². The molecular formula is C31H18FN5O3. The molecule has 0 amide bonds. The van der Waals surface area contributed by atoms with Gasteiger partial charge in [0.1, 0.15) is 40.7 Å². The van der Waals surface area contributed by atoms with Crippen LogP contribution in [0.15, 0.2) is 94.3 Å². The smallest absolute Gasteiger partial charge is 0.231 e. The number of allylic oxidation sites excluding steroid dienone is 1. The minimum absolute atomic E-state index is 0.0835. The second kappa shape index (κ2) is 10.4. The minimum Gasteiger partial charge on any atom is -0.457 e. The SMILES string of the molecule is N#CC(=Cc1ccc(-c2ccccc2F)o1)c1nn(-c2ccccc2)c(N=Cc2ccc3c(c2)OCO3)c1C#N. The highest BCUT2D eigenvalue weighted by Crippen LogP contribution is 2.34. The molecular weight excluding hydrogens is 509 g/mol. The van der Waals surface area contributed by atoms with Gasteiger partial charge in [-0.1, -0.05) is 30.3 Å². The van der Waals surface area contributed by atoms with Gasteiger partial charge in [0.15, 0.2) is 17.3 Å². The lowest BCUT2D eigenvalue weighted by atomic mass is 10.1. The Kier molecular flexibility index (Phi) is 6.37. The molecule has 0 fully saturated rings. The normalized spacial score (nSPS) is 12.4. The van der Waals surface area contributed by atoms with Crippen LogP contribution in [-0.4, -0.2) is 22.8 Å². The maximum atomic E-state index is 14.2. The van der Waals surface area contributed by atoms with Crippen molar-refractivity contribution in [1.82, 2.24) is 9.78 Å². The first-order chi connectivity index (χ1) is 19.6. The van der Waals surface area contributed by atoms with Gasteiger partial charge >= 0.3 is 0 Å². The fourth-order valence-corrected chi connectivity index (χ4v) is 4.23. The number of hydrogen-bond donors (Lipinski definition) is 0. The summed E-state index contributed by atoms with van der Waals surface area (Å²) in [7, 11) is 0. The summed E-state index contributed by atoms with van der Waals surface area (Å²) in [6, 6.07) is 28.3. The van der Waals surface area contributed by atoms with Crippen molar-refractivity contribution in [2.45, 2.75) is 0 Å². The van der Waals surface area contributed by atoms with Crippen molar-refractivity contribution in [2.24, 2.45) is 4.99 Å². The van der Waals surface area contributed by atoms with Crippen LogP contribution >= 0.6 is 0 Å². The molecule has 40 heavy (non-hydrogen) atoms. The quantitative estimate of drug-likeness (QED) is 0.180. The summed E-state index contributed by atoms with van der Waals surface area (Å²) in [6.07, 6.45) is 3.06. The molecule has 0 aliphatic carbocycles. The fraction of sp³-hybridized carbons (Fsp3) is 0.0323. The summed E-state index contributed by atoms with van der Waals surface area (Å²) in [6.45, 7) is 0.152. The van der Waals surface area contributed by atoms with Crippen LogP contribution in [0.5, 0.6) is 11.5 Å². The predicted octanol–water partition coefficient (Wildman–Crippen LogP) is 6.69. The molecule has 1 aliphatic heterocycles. The van der Waals surface area contributed by atoms with E-state index < -0.39 is 5.82 Å². The number of nitriles is 2. The van der Waals surface area contributed by atoms with Crippen molar-refractivity contribution in [2.75, 3.05) is 6.79 Å². The lowest BCUT2D eigenvalue weighted by molar-refractivity contribution is 0.174. The highest BCUT2D eigenvalue weighted by Gasteiger charge is 2.22. The van der Waals surface area contributed by atoms with Gasteiger partial charge < -0.3 is 13.9 Å². The lowest BCUT2D eigenvalue weighted by Crippen LogP contribution is -1.97. The highest BCUT2D eigenvalue weighted by molar-refractivity contribution is 5.92. The predicted molar refractivity (Wildman–Crippen MR) is 146 cm³/mol. The number of nitrogens with zero attached hydrogens (tertiary/aromatic N) is 5. The van der Waals surface area contributed by atoms with Gasteiger partial charge in [-0.05, 0) is 60.2 Å². The van der Waals surface area contributed by atoms with Crippen LogP contribution in [0, 0.1) is 28.5 Å². The second-order valence-electron chi connectivity index (χ2n) is 8.63. The van der Waals surface area contributed by atoms with Gasteiger partial charge in [-0.25, -0.2) is 14.1 Å².